The summed E-state index contributed by atoms with van der Waals surface area (Å²) in [6.45, 7) is 0. The molecule has 0 radical (unpaired) electrons. The van der Waals surface area contributed by atoms with Gasteiger partial charge in [0, 0.05) is 10.0 Å². The van der Waals surface area contributed by atoms with E-state index in [4.69, 9.17) is 0 Å². The SMILES string of the molecule is COC(=O)c1cccc(-c2cccc(Br)c2)c1O. The summed E-state index contributed by atoms with van der Waals surface area (Å²) in [4.78, 5) is 11.5. The van der Waals surface area contributed by atoms with E-state index in [2.05, 4.69) is 20.7 Å². The lowest BCUT2D eigenvalue weighted by atomic mass is 10.0. The van der Waals surface area contributed by atoms with Gasteiger partial charge in [-0.1, -0.05) is 40.2 Å². The smallest absolute Gasteiger partial charge is 0.341 e. The molecule has 0 heterocycles. The molecule has 4 heteroatoms. The van der Waals surface area contributed by atoms with Crippen molar-refractivity contribution >= 4 is 21.9 Å². The molecule has 0 saturated heterocycles. The normalized spacial score (nSPS) is 10.1. The number of para-hydroxylation sites is 1. The number of rotatable bonds is 2. The fourth-order valence-electron chi connectivity index (χ4n) is 1.71. The highest BCUT2D eigenvalue weighted by Crippen LogP contribution is 2.33. The van der Waals surface area contributed by atoms with Crippen LogP contribution in [0.5, 0.6) is 5.75 Å². The molecule has 0 aliphatic heterocycles. The van der Waals surface area contributed by atoms with Crippen LogP contribution in [-0.4, -0.2) is 18.2 Å². The first-order valence-corrected chi connectivity index (χ1v) is 6.09. The van der Waals surface area contributed by atoms with E-state index in [1.807, 2.05) is 24.3 Å². The summed E-state index contributed by atoms with van der Waals surface area (Å²) in [6.07, 6.45) is 0. The zero-order valence-corrected chi connectivity index (χ0v) is 11.3. The van der Waals surface area contributed by atoms with Gasteiger partial charge in [-0.05, 0) is 23.8 Å². The Bertz CT molecular complexity index is 593. The highest BCUT2D eigenvalue weighted by Gasteiger charge is 2.15. The second kappa shape index (κ2) is 5.23. The van der Waals surface area contributed by atoms with Crippen LogP contribution in [0.2, 0.25) is 0 Å². The van der Waals surface area contributed by atoms with Crippen LogP contribution in [0.3, 0.4) is 0 Å². The van der Waals surface area contributed by atoms with Crippen molar-refractivity contribution in [3.63, 3.8) is 0 Å². The molecule has 0 spiro atoms. The molecule has 1 N–H and O–H groups in total. The predicted molar refractivity (Wildman–Crippen MR) is 72.6 cm³/mol. The molecule has 0 saturated carbocycles. The van der Waals surface area contributed by atoms with Gasteiger partial charge in [0.2, 0.25) is 0 Å². The van der Waals surface area contributed by atoms with E-state index in [0.29, 0.717) is 5.56 Å². The van der Waals surface area contributed by atoms with Crippen LogP contribution in [0.25, 0.3) is 11.1 Å². The Balaban J connectivity index is 2.56. The Labute approximate surface area is 113 Å². The van der Waals surface area contributed by atoms with Crippen molar-refractivity contribution in [2.45, 2.75) is 0 Å². The lowest BCUT2D eigenvalue weighted by Crippen LogP contribution is -2.01. The minimum absolute atomic E-state index is 0.0672. The number of aromatic hydroxyl groups is 1. The maximum atomic E-state index is 11.5. The molecule has 0 aliphatic rings. The molecule has 2 aromatic rings. The molecule has 0 aliphatic carbocycles. The summed E-state index contributed by atoms with van der Waals surface area (Å²) in [5.74, 6) is -0.619. The molecule has 3 nitrogen and oxygen atoms in total. The van der Waals surface area contributed by atoms with Crippen molar-refractivity contribution in [3.05, 3.63) is 52.5 Å². The number of benzene rings is 2. The van der Waals surface area contributed by atoms with Crippen LogP contribution >= 0.6 is 15.9 Å². The van der Waals surface area contributed by atoms with Crippen LogP contribution in [0, 0.1) is 0 Å². The number of phenols is 1. The van der Waals surface area contributed by atoms with Crippen LogP contribution < -0.4 is 0 Å². The number of esters is 1. The maximum absolute atomic E-state index is 11.5. The zero-order chi connectivity index (χ0) is 13.1. The number of ether oxygens (including phenoxy) is 1. The summed E-state index contributed by atoms with van der Waals surface area (Å²) < 4.78 is 5.53. The lowest BCUT2D eigenvalue weighted by Gasteiger charge is -2.08. The molecule has 0 aromatic heterocycles. The quantitative estimate of drug-likeness (QED) is 0.862. The van der Waals surface area contributed by atoms with Gasteiger partial charge in [-0.2, -0.15) is 0 Å². The fourth-order valence-corrected chi connectivity index (χ4v) is 2.11. The Morgan fingerprint density at radius 1 is 1.22 bits per heavy atom. The van der Waals surface area contributed by atoms with E-state index >= 15 is 0 Å². The third-order valence-corrected chi connectivity index (χ3v) is 3.07. The summed E-state index contributed by atoms with van der Waals surface area (Å²) >= 11 is 3.37. The van der Waals surface area contributed by atoms with Crippen LogP contribution in [0.4, 0.5) is 0 Å². The van der Waals surface area contributed by atoms with Crippen LogP contribution in [0.15, 0.2) is 46.9 Å². The van der Waals surface area contributed by atoms with E-state index in [0.717, 1.165) is 10.0 Å². The molecular weight excluding hydrogens is 296 g/mol. The number of carbonyl (C=O) groups excluding carboxylic acids is 1. The zero-order valence-electron chi connectivity index (χ0n) is 9.68. The molecular formula is C14H11BrO3. The van der Waals surface area contributed by atoms with Crippen LogP contribution in [-0.2, 0) is 4.74 Å². The second-order valence-corrected chi connectivity index (χ2v) is 4.62. The molecule has 2 rings (SSSR count). The third-order valence-electron chi connectivity index (χ3n) is 2.58. The molecule has 0 bridgehead atoms. The molecule has 0 amide bonds. The number of phenolic OH excluding ortho intramolecular Hbond substituents is 1. The van der Waals surface area contributed by atoms with Gasteiger partial charge in [0.15, 0.2) is 0 Å². The third kappa shape index (κ3) is 2.38. The Morgan fingerprint density at radius 2 is 1.94 bits per heavy atom. The van der Waals surface area contributed by atoms with Gasteiger partial charge in [0.1, 0.15) is 11.3 Å². The first-order chi connectivity index (χ1) is 8.63. The Kier molecular flexibility index (Phi) is 3.67. The van der Waals surface area contributed by atoms with E-state index in [9.17, 15) is 9.90 Å². The van der Waals surface area contributed by atoms with Crippen molar-refractivity contribution < 1.29 is 14.6 Å². The monoisotopic (exact) mass is 306 g/mol. The maximum Gasteiger partial charge on any atom is 0.341 e. The molecule has 0 fully saturated rings. The number of halogens is 1. The standard InChI is InChI=1S/C14H11BrO3/c1-18-14(17)12-7-3-6-11(13(12)16)9-4-2-5-10(15)8-9/h2-8,16H,1H3. The van der Waals surface area contributed by atoms with Crippen molar-refractivity contribution in [1.82, 2.24) is 0 Å². The lowest BCUT2D eigenvalue weighted by molar-refractivity contribution is 0.0597. The average Bonchev–Trinajstić information content (AvgIpc) is 2.38. The number of carbonyl (C=O) groups is 1. The van der Waals surface area contributed by atoms with Crippen molar-refractivity contribution in [1.29, 1.82) is 0 Å². The van der Waals surface area contributed by atoms with Gasteiger partial charge in [-0.25, -0.2) is 4.79 Å². The van der Waals surface area contributed by atoms with E-state index in [1.165, 1.54) is 13.2 Å². The van der Waals surface area contributed by atoms with Crippen molar-refractivity contribution in [2.24, 2.45) is 0 Å². The fraction of sp³-hybridized carbons (Fsp3) is 0.0714. The topological polar surface area (TPSA) is 46.5 Å². The van der Waals surface area contributed by atoms with Crippen molar-refractivity contribution in [2.75, 3.05) is 7.11 Å². The predicted octanol–water partition coefficient (Wildman–Crippen LogP) is 3.61. The summed E-state index contributed by atoms with van der Waals surface area (Å²) in [5.41, 5.74) is 1.59. The van der Waals surface area contributed by atoms with Gasteiger partial charge < -0.3 is 9.84 Å². The van der Waals surface area contributed by atoms with E-state index in [1.54, 1.807) is 12.1 Å². The highest BCUT2D eigenvalue weighted by atomic mass is 79.9. The molecule has 18 heavy (non-hydrogen) atoms. The van der Waals surface area contributed by atoms with Gasteiger partial charge in [0.05, 0.1) is 7.11 Å². The Morgan fingerprint density at radius 3 is 2.61 bits per heavy atom. The number of methoxy groups -OCH3 is 1. The van der Waals surface area contributed by atoms with E-state index < -0.39 is 5.97 Å². The van der Waals surface area contributed by atoms with Gasteiger partial charge in [0.25, 0.3) is 0 Å². The summed E-state index contributed by atoms with van der Waals surface area (Å²) in [5, 5.41) is 10.1. The van der Waals surface area contributed by atoms with Crippen molar-refractivity contribution in [3.8, 4) is 16.9 Å². The number of hydrogen-bond donors (Lipinski definition) is 1. The minimum Gasteiger partial charge on any atom is -0.506 e. The summed E-state index contributed by atoms with van der Waals surface area (Å²) in [7, 11) is 1.29. The van der Waals surface area contributed by atoms with Gasteiger partial charge >= 0.3 is 5.97 Å². The van der Waals surface area contributed by atoms with Gasteiger partial charge in [-0.15, -0.1) is 0 Å². The average molecular weight is 307 g/mol. The van der Waals surface area contributed by atoms with Gasteiger partial charge in [-0.3, -0.25) is 0 Å². The minimum atomic E-state index is -0.552. The molecule has 2 aromatic carbocycles. The summed E-state index contributed by atoms with van der Waals surface area (Å²) in [6, 6.07) is 12.5. The first kappa shape index (κ1) is 12.6. The van der Waals surface area contributed by atoms with E-state index in [-0.39, 0.29) is 11.3 Å². The highest BCUT2D eigenvalue weighted by molar-refractivity contribution is 9.10. The molecule has 0 unspecified atom stereocenters. The second-order valence-electron chi connectivity index (χ2n) is 3.70. The van der Waals surface area contributed by atoms with Crippen LogP contribution in [0.1, 0.15) is 10.4 Å². The largest absolute Gasteiger partial charge is 0.506 e. The molecule has 92 valence electrons. The first-order valence-electron chi connectivity index (χ1n) is 5.29. The Hall–Kier alpha value is -1.81. The molecule has 0 atom stereocenters. The number of hydrogen-bond acceptors (Lipinski definition) is 3.